The van der Waals surface area contributed by atoms with Gasteiger partial charge in [-0.25, -0.2) is 0 Å². The molecule has 0 atom stereocenters. The van der Waals surface area contributed by atoms with Crippen molar-refractivity contribution in [2.75, 3.05) is 13.3 Å². The Labute approximate surface area is 113 Å². The first-order chi connectivity index (χ1) is 8.63. The third-order valence-corrected chi connectivity index (χ3v) is 2.84. The number of hydrogen-bond donors (Lipinski definition) is 1. The second-order valence-electron chi connectivity index (χ2n) is 4.29. The van der Waals surface area contributed by atoms with Crippen molar-refractivity contribution >= 4 is 17.3 Å². The summed E-state index contributed by atoms with van der Waals surface area (Å²) in [5.41, 5.74) is 1.84. The van der Waals surface area contributed by atoms with Crippen molar-refractivity contribution in [3.05, 3.63) is 28.8 Å². The van der Waals surface area contributed by atoms with Crippen LogP contribution in [-0.2, 0) is 6.42 Å². The van der Waals surface area contributed by atoms with Crippen LogP contribution in [-0.4, -0.2) is 19.0 Å². The van der Waals surface area contributed by atoms with Gasteiger partial charge in [-0.3, -0.25) is 4.39 Å². The standard InChI is InChI=1S/C14H19ClFNO/c1-11(17)4-2-5-12-6-7-14(13(15)10-12)18-9-3-8-16/h6-7,10,17H,2-5,8-9H2,1H3. The quantitative estimate of drug-likeness (QED) is 0.550. The van der Waals surface area contributed by atoms with E-state index in [4.69, 9.17) is 21.7 Å². The number of ether oxygens (including phenoxy) is 1. The van der Waals surface area contributed by atoms with Gasteiger partial charge in [-0.15, -0.1) is 0 Å². The van der Waals surface area contributed by atoms with E-state index in [2.05, 4.69) is 0 Å². The largest absolute Gasteiger partial charge is 0.492 e. The molecule has 18 heavy (non-hydrogen) atoms. The number of benzene rings is 1. The Morgan fingerprint density at radius 2 is 2.17 bits per heavy atom. The number of rotatable bonds is 8. The molecule has 0 heterocycles. The van der Waals surface area contributed by atoms with Gasteiger partial charge in [0.15, 0.2) is 0 Å². The molecule has 4 heteroatoms. The fourth-order valence-electron chi connectivity index (χ4n) is 1.61. The van der Waals surface area contributed by atoms with Crippen LogP contribution in [0.4, 0.5) is 4.39 Å². The van der Waals surface area contributed by atoms with E-state index in [-0.39, 0.29) is 6.67 Å². The van der Waals surface area contributed by atoms with E-state index in [1.165, 1.54) is 0 Å². The van der Waals surface area contributed by atoms with E-state index in [9.17, 15) is 4.39 Å². The maximum absolute atomic E-state index is 11.9. The highest BCUT2D eigenvalue weighted by atomic mass is 35.5. The lowest BCUT2D eigenvalue weighted by molar-refractivity contribution is 0.290. The van der Waals surface area contributed by atoms with Gasteiger partial charge in [0, 0.05) is 12.1 Å². The number of halogens is 2. The molecule has 100 valence electrons. The van der Waals surface area contributed by atoms with Gasteiger partial charge in [0.05, 0.1) is 18.3 Å². The molecule has 2 nitrogen and oxygen atoms in total. The van der Waals surface area contributed by atoms with Gasteiger partial charge in [-0.1, -0.05) is 17.7 Å². The van der Waals surface area contributed by atoms with Crippen molar-refractivity contribution in [3.63, 3.8) is 0 Å². The monoisotopic (exact) mass is 271 g/mol. The van der Waals surface area contributed by atoms with Gasteiger partial charge in [0.2, 0.25) is 0 Å². The molecule has 0 bridgehead atoms. The van der Waals surface area contributed by atoms with Crippen LogP contribution in [0.5, 0.6) is 5.75 Å². The molecule has 0 fully saturated rings. The summed E-state index contributed by atoms with van der Waals surface area (Å²) in [5.74, 6) is 0.608. The number of aryl methyl sites for hydroxylation is 1. The van der Waals surface area contributed by atoms with Crippen LogP contribution < -0.4 is 4.74 Å². The lowest BCUT2D eigenvalue weighted by Gasteiger charge is -2.08. The number of nitrogens with one attached hydrogen (secondary N) is 1. The summed E-state index contributed by atoms with van der Waals surface area (Å²) in [6, 6.07) is 5.68. The van der Waals surface area contributed by atoms with Crippen molar-refractivity contribution < 1.29 is 9.13 Å². The minimum Gasteiger partial charge on any atom is -0.492 e. The van der Waals surface area contributed by atoms with E-state index < -0.39 is 0 Å². The summed E-state index contributed by atoms with van der Waals surface area (Å²) in [4.78, 5) is 0. The van der Waals surface area contributed by atoms with Crippen molar-refractivity contribution in [3.8, 4) is 5.75 Å². The van der Waals surface area contributed by atoms with Gasteiger partial charge >= 0.3 is 0 Å². The topological polar surface area (TPSA) is 33.1 Å². The zero-order valence-corrected chi connectivity index (χ0v) is 11.4. The molecule has 0 spiro atoms. The van der Waals surface area contributed by atoms with Crippen LogP contribution in [0.1, 0.15) is 31.7 Å². The van der Waals surface area contributed by atoms with E-state index in [0.29, 0.717) is 29.5 Å². The summed E-state index contributed by atoms with van der Waals surface area (Å²) < 4.78 is 17.3. The van der Waals surface area contributed by atoms with E-state index in [1.54, 1.807) is 0 Å². The molecule has 1 aromatic carbocycles. The minimum absolute atomic E-state index is 0.350. The molecule has 0 saturated heterocycles. The zero-order valence-electron chi connectivity index (χ0n) is 10.6. The second-order valence-corrected chi connectivity index (χ2v) is 4.70. The lowest BCUT2D eigenvalue weighted by Crippen LogP contribution is -1.99. The first-order valence-corrected chi connectivity index (χ1v) is 6.52. The predicted octanol–water partition coefficient (Wildman–Crippen LogP) is 4.44. The first-order valence-electron chi connectivity index (χ1n) is 6.14. The summed E-state index contributed by atoms with van der Waals surface area (Å²) in [5, 5.41) is 7.92. The maximum atomic E-state index is 11.9. The zero-order chi connectivity index (χ0) is 13.4. The van der Waals surface area contributed by atoms with Crippen LogP contribution in [0.25, 0.3) is 0 Å². The molecular formula is C14H19ClFNO. The Morgan fingerprint density at radius 1 is 1.39 bits per heavy atom. The second kappa shape index (κ2) is 8.09. The van der Waals surface area contributed by atoms with E-state index in [0.717, 1.165) is 24.8 Å². The van der Waals surface area contributed by atoms with Gasteiger partial charge in [-0.2, -0.15) is 0 Å². The maximum Gasteiger partial charge on any atom is 0.137 e. The van der Waals surface area contributed by atoms with Crippen molar-refractivity contribution in [2.45, 2.75) is 32.6 Å². The molecular weight excluding hydrogens is 253 g/mol. The Bertz CT molecular complexity index is 395. The summed E-state index contributed by atoms with van der Waals surface area (Å²) >= 11 is 6.09. The molecule has 0 aliphatic rings. The normalized spacial score (nSPS) is 10.4. The van der Waals surface area contributed by atoms with E-state index >= 15 is 0 Å². The molecule has 0 aromatic heterocycles. The Kier molecular flexibility index (Phi) is 6.73. The molecule has 1 aromatic rings. The smallest absolute Gasteiger partial charge is 0.137 e. The van der Waals surface area contributed by atoms with E-state index in [1.807, 2.05) is 25.1 Å². The SMILES string of the molecule is CC(=N)CCCc1ccc(OCCCF)c(Cl)c1. The van der Waals surface area contributed by atoms with Crippen LogP contribution in [0.15, 0.2) is 18.2 Å². The predicted molar refractivity (Wildman–Crippen MR) is 73.9 cm³/mol. The molecule has 1 N–H and O–H groups in total. The highest BCUT2D eigenvalue weighted by Gasteiger charge is 2.03. The lowest BCUT2D eigenvalue weighted by atomic mass is 10.1. The molecule has 0 saturated carbocycles. The Hall–Kier alpha value is -1.09. The van der Waals surface area contributed by atoms with Crippen molar-refractivity contribution in [1.29, 1.82) is 5.41 Å². The minimum atomic E-state index is -0.376. The molecule has 0 amide bonds. The summed E-state index contributed by atoms with van der Waals surface area (Å²) in [6.45, 7) is 1.79. The average Bonchev–Trinajstić information content (AvgIpc) is 2.31. The Balaban J connectivity index is 2.48. The van der Waals surface area contributed by atoms with Crippen LogP contribution in [0, 0.1) is 5.41 Å². The van der Waals surface area contributed by atoms with Crippen LogP contribution in [0.2, 0.25) is 5.02 Å². The Morgan fingerprint density at radius 3 is 2.78 bits per heavy atom. The number of hydrogen-bond acceptors (Lipinski definition) is 2. The third-order valence-electron chi connectivity index (χ3n) is 2.55. The van der Waals surface area contributed by atoms with Crippen molar-refractivity contribution in [1.82, 2.24) is 0 Å². The average molecular weight is 272 g/mol. The van der Waals surface area contributed by atoms with Gasteiger partial charge in [-0.05, 0) is 43.9 Å². The molecule has 0 radical (unpaired) electrons. The van der Waals surface area contributed by atoms with Crippen LogP contribution >= 0.6 is 11.6 Å². The molecule has 1 rings (SSSR count). The third kappa shape index (κ3) is 5.50. The molecule has 0 aliphatic heterocycles. The van der Waals surface area contributed by atoms with Gasteiger partial charge < -0.3 is 10.1 Å². The van der Waals surface area contributed by atoms with Crippen LogP contribution in [0.3, 0.4) is 0 Å². The van der Waals surface area contributed by atoms with Gasteiger partial charge in [0.25, 0.3) is 0 Å². The van der Waals surface area contributed by atoms with Crippen molar-refractivity contribution in [2.24, 2.45) is 0 Å². The highest BCUT2D eigenvalue weighted by Crippen LogP contribution is 2.26. The fourth-order valence-corrected chi connectivity index (χ4v) is 1.87. The molecule has 0 unspecified atom stereocenters. The summed E-state index contributed by atoms with van der Waals surface area (Å²) in [7, 11) is 0. The highest BCUT2D eigenvalue weighted by molar-refractivity contribution is 6.32. The van der Waals surface area contributed by atoms with Gasteiger partial charge in [0.1, 0.15) is 5.75 Å². The number of alkyl halides is 1. The molecule has 0 aliphatic carbocycles. The summed E-state index contributed by atoms with van der Waals surface area (Å²) in [6.07, 6.45) is 3.05. The first kappa shape index (κ1) is 15.0. The fraction of sp³-hybridized carbons (Fsp3) is 0.500.